The topological polar surface area (TPSA) is 3.24 Å². The van der Waals surface area contributed by atoms with Crippen LogP contribution in [0.4, 0.5) is 0 Å². The second kappa shape index (κ2) is 11.3. The maximum atomic E-state index is 3.89. The lowest BCUT2D eigenvalue weighted by Gasteiger charge is -2.21. The Labute approximate surface area is 107 Å². The van der Waals surface area contributed by atoms with E-state index in [0.29, 0.717) is 0 Å². The zero-order chi connectivity index (χ0) is 12.9. The smallest absolute Gasteiger partial charge is 0.0386 e. The van der Waals surface area contributed by atoms with Crippen molar-refractivity contribution in [2.75, 3.05) is 13.1 Å². The lowest BCUT2D eigenvalue weighted by Crippen LogP contribution is -2.20. The Kier molecular flexibility index (Phi) is 10.4. The van der Waals surface area contributed by atoms with Crippen molar-refractivity contribution in [1.82, 2.24) is 4.90 Å². The second-order valence-electron chi connectivity index (χ2n) is 4.11. The Morgan fingerprint density at radius 1 is 1.24 bits per heavy atom. The maximum Gasteiger partial charge on any atom is 0.0386 e. The Balaban J connectivity index is 4.32. The van der Waals surface area contributed by atoms with E-state index in [2.05, 4.69) is 62.6 Å². The summed E-state index contributed by atoms with van der Waals surface area (Å²) in [4.78, 5) is 2.28. The highest BCUT2D eigenvalue weighted by Crippen LogP contribution is 2.09. The summed E-state index contributed by atoms with van der Waals surface area (Å²) in [5.41, 5.74) is 1.48. The Morgan fingerprint density at radius 2 is 2.00 bits per heavy atom. The van der Waals surface area contributed by atoms with Gasteiger partial charge in [0.1, 0.15) is 0 Å². The van der Waals surface area contributed by atoms with Crippen molar-refractivity contribution in [1.29, 1.82) is 0 Å². The largest absolute Gasteiger partial charge is 0.374 e. The molecule has 0 aliphatic carbocycles. The molecule has 0 N–H and O–H groups in total. The van der Waals surface area contributed by atoms with Crippen molar-refractivity contribution in [3.8, 4) is 0 Å². The van der Waals surface area contributed by atoms with E-state index in [9.17, 15) is 0 Å². The van der Waals surface area contributed by atoms with E-state index in [-0.39, 0.29) is 0 Å². The van der Waals surface area contributed by atoms with Crippen LogP contribution in [-0.2, 0) is 0 Å². The van der Waals surface area contributed by atoms with Crippen molar-refractivity contribution in [3.63, 3.8) is 0 Å². The SMILES string of the molecule is C=CN(CC/C=C\C)C/C(=C/C=C\C)CCC. The minimum atomic E-state index is 0.999. The summed E-state index contributed by atoms with van der Waals surface area (Å²) in [6.07, 6.45) is 16.1. The molecule has 0 atom stereocenters. The number of nitrogens with zero attached hydrogens (tertiary/aromatic N) is 1. The first kappa shape index (κ1) is 15.8. The molecule has 0 fully saturated rings. The second-order valence-corrected chi connectivity index (χ2v) is 4.11. The number of hydrogen-bond acceptors (Lipinski definition) is 1. The zero-order valence-electron chi connectivity index (χ0n) is 11.7. The number of hydrogen-bond donors (Lipinski definition) is 0. The highest BCUT2D eigenvalue weighted by atomic mass is 15.1. The molecule has 0 heterocycles. The molecule has 0 spiro atoms. The predicted octanol–water partition coefficient (Wildman–Crippen LogP) is 4.70. The minimum Gasteiger partial charge on any atom is -0.374 e. The van der Waals surface area contributed by atoms with Crippen LogP contribution in [-0.4, -0.2) is 18.0 Å². The molecule has 1 nitrogen and oxygen atoms in total. The van der Waals surface area contributed by atoms with E-state index >= 15 is 0 Å². The molecule has 0 unspecified atom stereocenters. The molecule has 0 aromatic carbocycles. The van der Waals surface area contributed by atoms with Crippen LogP contribution in [0.15, 0.2) is 48.7 Å². The number of allylic oxidation sites excluding steroid dienone is 4. The molecular weight excluding hydrogens is 206 g/mol. The fourth-order valence-electron chi connectivity index (χ4n) is 1.67. The van der Waals surface area contributed by atoms with Crippen LogP contribution < -0.4 is 0 Å². The Hall–Kier alpha value is -1.24. The van der Waals surface area contributed by atoms with Crippen LogP contribution in [0.1, 0.15) is 40.0 Å². The molecule has 0 aromatic rings. The van der Waals surface area contributed by atoms with Crippen LogP contribution in [0.2, 0.25) is 0 Å². The summed E-state index contributed by atoms with van der Waals surface area (Å²) in [6.45, 7) is 12.3. The Bertz CT molecular complexity index is 271. The van der Waals surface area contributed by atoms with Crippen molar-refractivity contribution in [2.24, 2.45) is 0 Å². The van der Waals surface area contributed by atoms with Gasteiger partial charge in [-0.1, -0.05) is 55.9 Å². The maximum absolute atomic E-state index is 3.89. The lowest BCUT2D eigenvalue weighted by molar-refractivity contribution is 0.410. The third-order valence-corrected chi connectivity index (χ3v) is 2.58. The standard InChI is InChI=1S/C16H27N/c1-5-9-11-14-17(8-4)15-16(12-7-3)13-10-6-2/h5-6,8-10,13H,4,7,11-12,14-15H2,1-3H3/b9-5-,10-6-,16-13+. The summed E-state index contributed by atoms with van der Waals surface area (Å²) in [5, 5.41) is 0. The van der Waals surface area contributed by atoms with E-state index < -0.39 is 0 Å². The average molecular weight is 233 g/mol. The third kappa shape index (κ3) is 8.56. The van der Waals surface area contributed by atoms with Crippen LogP contribution >= 0.6 is 0 Å². The van der Waals surface area contributed by atoms with Gasteiger partial charge in [0.2, 0.25) is 0 Å². The molecule has 1 heteroatoms. The number of rotatable bonds is 9. The molecule has 0 aromatic heterocycles. The molecule has 96 valence electrons. The first-order valence-corrected chi connectivity index (χ1v) is 6.56. The predicted molar refractivity (Wildman–Crippen MR) is 79.0 cm³/mol. The van der Waals surface area contributed by atoms with Crippen molar-refractivity contribution in [3.05, 3.63) is 48.7 Å². The van der Waals surface area contributed by atoms with Crippen LogP contribution in [0.5, 0.6) is 0 Å². The van der Waals surface area contributed by atoms with E-state index in [4.69, 9.17) is 0 Å². The van der Waals surface area contributed by atoms with Crippen LogP contribution in [0.25, 0.3) is 0 Å². The van der Waals surface area contributed by atoms with Gasteiger partial charge in [0.15, 0.2) is 0 Å². The lowest BCUT2D eigenvalue weighted by atomic mass is 10.1. The Morgan fingerprint density at radius 3 is 2.53 bits per heavy atom. The quantitative estimate of drug-likeness (QED) is 0.412. The molecule has 0 aliphatic rings. The molecule has 0 amide bonds. The van der Waals surface area contributed by atoms with Gasteiger partial charge in [-0.2, -0.15) is 0 Å². The van der Waals surface area contributed by atoms with E-state index in [1.807, 2.05) is 6.20 Å². The van der Waals surface area contributed by atoms with E-state index in [1.54, 1.807) is 0 Å². The van der Waals surface area contributed by atoms with Gasteiger partial charge in [-0.25, -0.2) is 0 Å². The molecule has 0 radical (unpaired) electrons. The monoisotopic (exact) mass is 233 g/mol. The molecule has 0 saturated carbocycles. The van der Waals surface area contributed by atoms with Gasteiger partial charge < -0.3 is 4.90 Å². The third-order valence-electron chi connectivity index (χ3n) is 2.58. The summed E-state index contributed by atoms with van der Waals surface area (Å²) in [5.74, 6) is 0. The van der Waals surface area contributed by atoms with E-state index in [1.165, 1.54) is 12.0 Å². The fraction of sp³-hybridized carbons (Fsp3) is 0.500. The van der Waals surface area contributed by atoms with Crippen molar-refractivity contribution in [2.45, 2.75) is 40.0 Å². The molecule has 17 heavy (non-hydrogen) atoms. The molecule has 0 rings (SSSR count). The van der Waals surface area contributed by atoms with Gasteiger partial charge in [0.05, 0.1) is 0 Å². The van der Waals surface area contributed by atoms with Gasteiger partial charge in [-0.3, -0.25) is 0 Å². The van der Waals surface area contributed by atoms with Gasteiger partial charge >= 0.3 is 0 Å². The molecular formula is C16H27N. The highest BCUT2D eigenvalue weighted by molar-refractivity contribution is 5.14. The van der Waals surface area contributed by atoms with E-state index in [0.717, 1.165) is 25.9 Å². The van der Waals surface area contributed by atoms with Crippen LogP contribution in [0, 0.1) is 0 Å². The minimum absolute atomic E-state index is 0.999. The molecule has 0 saturated heterocycles. The first-order valence-electron chi connectivity index (χ1n) is 6.56. The molecule has 0 aliphatic heterocycles. The van der Waals surface area contributed by atoms with Gasteiger partial charge in [-0.05, 0) is 32.9 Å². The summed E-state index contributed by atoms with van der Waals surface area (Å²) in [7, 11) is 0. The average Bonchev–Trinajstić information content (AvgIpc) is 2.35. The first-order chi connectivity index (χ1) is 8.28. The molecule has 0 bridgehead atoms. The van der Waals surface area contributed by atoms with Crippen molar-refractivity contribution < 1.29 is 0 Å². The zero-order valence-corrected chi connectivity index (χ0v) is 11.7. The fourth-order valence-corrected chi connectivity index (χ4v) is 1.67. The normalized spacial score (nSPS) is 12.5. The highest BCUT2D eigenvalue weighted by Gasteiger charge is 2.01. The van der Waals surface area contributed by atoms with Crippen molar-refractivity contribution >= 4 is 0 Å². The summed E-state index contributed by atoms with van der Waals surface area (Å²) >= 11 is 0. The van der Waals surface area contributed by atoms with Gasteiger partial charge in [-0.15, -0.1) is 0 Å². The summed E-state index contributed by atoms with van der Waals surface area (Å²) < 4.78 is 0. The van der Waals surface area contributed by atoms with Crippen LogP contribution in [0.3, 0.4) is 0 Å². The van der Waals surface area contributed by atoms with Gasteiger partial charge in [0, 0.05) is 13.1 Å². The summed E-state index contributed by atoms with van der Waals surface area (Å²) in [6, 6.07) is 0. The van der Waals surface area contributed by atoms with Gasteiger partial charge in [0.25, 0.3) is 0 Å².